The molecule has 0 saturated carbocycles. The van der Waals surface area contributed by atoms with Crippen molar-refractivity contribution in [2.24, 2.45) is 0 Å². The highest BCUT2D eigenvalue weighted by atomic mass is 32.2. The molecular formula is C7H12N4S. The van der Waals surface area contributed by atoms with Crippen molar-refractivity contribution in [3.8, 4) is 0 Å². The van der Waals surface area contributed by atoms with Crippen LogP contribution in [0.4, 0.5) is 5.69 Å². The number of anilines is 1. The summed E-state index contributed by atoms with van der Waals surface area (Å²) in [5.41, 5.74) is 4.92. The van der Waals surface area contributed by atoms with Crippen molar-refractivity contribution < 1.29 is 0 Å². The molecule has 2 rings (SSSR count). The first-order valence-electron chi connectivity index (χ1n) is 3.87. The maximum Gasteiger partial charge on any atom is 0.141 e. The van der Waals surface area contributed by atoms with E-state index in [1.807, 2.05) is 20.8 Å². The Morgan fingerprint density at radius 2 is 2.08 bits per heavy atom. The number of aromatic nitrogens is 2. The van der Waals surface area contributed by atoms with Gasteiger partial charge in [-0.15, -0.1) is 0 Å². The summed E-state index contributed by atoms with van der Waals surface area (Å²) in [4.78, 5) is 11.0. The first kappa shape index (κ1) is 9.28. The number of fused-ring (bicyclic) bond motifs is 1. The zero-order chi connectivity index (χ0) is 8.97. The summed E-state index contributed by atoms with van der Waals surface area (Å²) in [7, 11) is 0. The molecule has 0 saturated heterocycles. The number of nitrogens with zero attached hydrogens (tertiary/aromatic N) is 2. The molecule has 0 bridgehead atoms. The third-order valence-corrected chi connectivity index (χ3v) is 2.03. The molecule has 4 nitrogen and oxygen atoms in total. The van der Waals surface area contributed by atoms with E-state index in [0.29, 0.717) is 0 Å². The van der Waals surface area contributed by atoms with Gasteiger partial charge >= 0.3 is 0 Å². The smallest absolute Gasteiger partial charge is 0.141 e. The van der Waals surface area contributed by atoms with Crippen molar-refractivity contribution >= 4 is 17.6 Å². The Kier molecular flexibility index (Phi) is 3.31. The highest BCUT2D eigenvalue weighted by Crippen LogP contribution is 2.28. The zero-order valence-electron chi connectivity index (χ0n) is 7.38. The Hall–Kier alpha value is -0.810. The van der Waals surface area contributed by atoms with E-state index in [1.54, 1.807) is 6.33 Å². The van der Waals surface area contributed by atoms with E-state index in [2.05, 4.69) is 20.2 Å². The molecule has 12 heavy (non-hydrogen) atoms. The summed E-state index contributed by atoms with van der Waals surface area (Å²) >= 11 is 1.47. The molecule has 1 aliphatic rings. The average molecular weight is 184 g/mol. The molecule has 5 heteroatoms. The fraction of sp³-hybridized carbons (Fsp3) is 0.429. The summed E-state index contributed by atoms with van der Waals surface area (Å²) in [5.74, 6) is 0. The van der Waals surface area contributed by atoms with Crippen LogP contribution in [0.2, 0.25) is 0 Å². The number of aryl methyl sites for hydroxylation is 1. The van der Waals surface area contributed by atoms with E-state index in [-0.39, 0.29) is 0 Å². The molecule has 0 atom stereocenters. The molecule has 2 heterocycles. The predicted octanol–water partition coefficient (Wildman–Crippen LogP) is 1.75. The van der Waals surface area contributed by atoms with Crippen LogP contribution in [0.25, 0.3) is 0 Å². The Bertz CT molecular complexity index is 264. The molecule has 0 radical (unpaired) electrons. The van der Waals surface area contributed by atoms with Gasteiger partial charge in [0.05, 0.1) is 5.69 Å². The summed E-state index contributed by atoms with van der Waals surface area (Å²) in [5, 5.41) is 0.965. The van der Waals surface area contributed by atoms with Gasteiger partial charge in [0, 0.05) is 0 Å². The fourth-order valence-corrected chi connectivity index (χ4v) is 1.45. The minimum Gasteiger partial charge on any atom is -0.307 e. The van der Waals surface area contributed by atoms with Crippen LogP contribution in [0.15, 0.2) is 11.4 Å². The zero-order valence-corrected chi connectivity index (χ0v) is 8.20. The number of hydrogen-bond donors (Lipinski definition) is 2. The average Bonchev–Trinajstić information content (AvgIpc) is 2.57. The molecule has 0 amide bonds. The number of nitrogens with one attached hydrogen (secondary N) is 2. The van der Waals surface area contributed by atoms with Crippen LogP contribution in [0.3, 0.4) is 0 Å². The highest BCUT2D eigenvalue weighted by molar-refractivity contribution is 7.97. The van der Waals surface area contributed by atoms with Gasteiger partial charge in [-0.25, -0.2) is 9.97 Å². The maximum absolute atomic E-state index is 4.05. The molecule has 1 aliphatic heterocycles. The van der Waals surface area contributed by atoms with Crippen molar-refractivity contribution in [3.05, 3.63) is 12.0 Å². The lowest BCUT2D eigenvalue weighted by Crippen LogP contribution is -2.05. The van der Waals surface area contributed by atoms with Crippen LogP contribution in [0, 0.1) is 6.92 Å². The number of rotatable bonds is 0. The van der Waals surface area contributed by atoms with E-state index in [9.17, 15) is 0 Å². The van der Waals surface area contributed by atoms with Crippen LogP contribution in [-0.2, 0) is 0 Å². The van der Waals surface area contributed by atoms with Gasteiger partial charge in [-0.3, -0.25) is 0 Å². The van der Waals surface area contributed by atoms with Crippen molar-refractivity contribution in [3.63, 3.8) is 0 Å². The second-order valence-electron chi connectivity index (χ2n) is 1.97. The van der Waals surface area contributed by atoms with Gasteiger partial charge in [0.15, 0.2) is 0 Å². The minimum atomic E-state index is 0.965. The topological polar surface area (TPSA) is 49.8 Å². The van der Waals surface area contributed by atoms with Crippen LogP contribution >= 0.6 is 11.9 Å². The van der Waals surface area contributed by atoms with Crippen LogP contribution < -0.4 is 10.3 Å². The minimum absolute atomic E-state index is 0.965. The van der Waals surface area contributed by atoms with E-state index in [4.69, 9.17) is 0 Å². The fourth-order valence-electron chi connectivity index (χ4n) is 0.798. The highest BCUT2D eigenvalue weighted by Gasteiger charge is 2.13. The number of hydrogen-bond acceptors (Lipinski definition) is 5. The summed E-state index contributed by atoms with van der Waals surface area (Å²) < 4.78 is 0. The van der Waals surface area contributed by atoms with E-state index >= 15 is 0 Å². The molecular weight excluding hydrogens is 172 g/mol. The first-order chi connectivity index (χ1) is 5.88. The molecule has 0 unspecified atom stereocenters. The summed E-state index contributed by atoms with van der Waals surface area (Å²) in [6.45, 7) is 5.95. The van der Waals surface area contributed by atoms with Gasteiger partial charge in [-0.2, -0.15) is 4.83 Å². The molecule has 1 aromatic heterocycles. The van der Waals surface area contributed by atoms with Gasteiger partial charge in [-0.1, -0.05) is 13.8 Å². The Balaban J connectivity index is 0.000000336. The SMILES string of the molecule is CC.Cc1ncnc2c1NNS2. The van der Waals surface area contributed by atoms with Crippen molar-refractivity contribution in [2.75, 3.05) is 5.43 Å². The van der Waals surface area contributed by atoms with E-state index in [1.165, 1.54) is 11.9 Å². The van der Waals surface area contributed by atoms with Gasteiger partial charge < -0.3 is 5.43 Å². The molecule has 0 aromatic carbocycles. The Labute approximate surface area is 76.3 Å². The molecule has 2 N–H and O–H groups in total. The van der Waals surface area contributed by atoms with E-state index in [0.717, 1.165) is 16.4 Å². The molecule has 0 fully saturated rings. The van der Waals surface area contributed by atoms with Gasteiger partial charge in [-0.05, 0) is 18.9 Å². The third kappa shape index (κ3) is 1.67. The normalized spacial score (nSPS) is 12.6. The lowest BCUT2D eigenvalue weighted by molar-refractivity contribution is 1.02. The van der Waals surface area contributed by atoms with Crippen LogP contribution in [0.1, 0.15) is 19.5 Å². The Morgan fingerprint density at radius 1 is 1.33 bits per heavy atom. The molecule has 1 aromatic rings. The van der Waals surface area contributed by atoms with Gasteiger partial charge in [0.25, 0.3) is 0 Å². The Morgan fingerprint density at radius 3 is 2.75 bits per heavy atom. The molecule has 0 aliphatic carbocycles. The lowest BCUT2D eigenvalue weighted by Gasteiger charge is -1.97. The molecule has 66 valence electrons. The second-order valence-corrected chi connectivity index (χ2v) is 2.76. The van der Waals surface area contributed by atoms with Crippen LogP contribution in [-0.4, -0.2) is 9.97 Å². The second kappa shape index (κ2) is 4.27. The van der Waals surface area contributed by atoms with Crippen molar-refractivity contribution in [1.82, 2.24) is 14.8 Å². The van der Waals surface area contributed by atoms with Crippen molar-refractivity contribution in [1.29, 1.82) is 0 Å². The third-order valence-electron chi connectivity index (χ3n) is 1.33. The predicted molar refractivity (Wildman–Crippen MR) is 50.7 cm³/mol. The largest absolute Gasteiger partial charge is 0.307 e. The maximum atomic E-state index is 4.05. The quantitative estimate of drug-likeness (QED) is 0.475. The first-order valence-corrected chi connectivity index (χ1v) is 4.69. The molecule has 0 spiro atoms. The van der Waals surface area contributed by atoms with Crippen LogP contribution in [0.5, 0.6) is 0 Å². The number of hydrazine groups is 1. The summed E-state index contributed by atoms with van der Waals surface area (Å²) in [6, 6.07) is 0. The summed E-state index contributed by atoms with van der Waals surface area (Å²) in [6.07, 6.45) is 1.57. The van der Waals surface area contributed by atoms with Crippen molar-refractivity contribution in [2.45, 2.75) is 25.8 Å². The standard InChI is InChI=1S/C5H6N4S.C2H6/c1-3-4-5(7-2-6-3)10-9-8-4;1-2/h2,8-9H,1H3;1-2H3. The van der Waals surface area contributed by atoms with Gasteiger partial charge in [0.1, 0.15) is 17.0 Å². The monoisotopic (exact) mass is 184 g/mol. The van der Waals surface area contributed by atoms with Gasteiger partial charge in [0.2, 0.25) is 0 Å². The van der Waals surface area contributed by atoms with E-state index < -0.39 is 0 Å². The lowest BCUT2D eigenvalue weighted by atomic mass is 10.4.